The van der Waals surface area contributed by atoms with Crippen LogP contribution in [0.4, 0.5) is 17.1 Å². The van der Waals surface area contributed by atoms with Crippen molar-refractivity contribution < 1.29 is 9.85 Å². The SMILES string of the molecule is C[C@H]1N(C)c2cc([N+](=O)[O-])cc([N+](=O)[O-])c2C1(C)C. The van der Waals surface area contributed by atoms with Crippen molar-refractivity contribution in [2.75, 3.05) is 11.9 Å². The highest BCUT2D eigenvalue weighted by atomic mass is 16.6. The van der Waals surface area contributed by atoms with Crippen LogP contribution in [-0.2, 0) is 5.41 Å². The lowest BCUT2D eigenvalue weighted by Crippen LogP contribution is -2.36. The summed E-state index contributed by atoms with van der Waals surface area (Å²) < 4.78 is 0. The summed E-state index contributed by atoms with van der Waals surface area (Å²) in [6, 6.07) is 2.49. The maximum absolute atomic E-state index is 11.2. The molecule has 7 nitrogen and oxygen atoms in total. The van der Waals surface area contributed by atoms with Gasteiger partial charge in [0.25, 0.3) is 11.4 Å². The highest BCUT2D eigenvalue weighted by molar-refractivity contribution is 5.74. The molecule has 0 aliphatic carbocycles. The van der Waals surface area contributed by atoms with E-state index < -0.39 is 15.3 Å². The summed E-state index contributed by atoms with van der Waals surface area (Å²) in [4.78, 5) is 22.8. The zero-order valence-corrected chi connectivity index (χ0v) is 11.2. The number of hydrogen-bond acceptors (Lipinski definition) is 5. The molecule has 1 aliphatic heterocycles. The van der Waals surface area contributed by atoms with Gasteiger partial charge in [0.2, 0.25) is 0 Å². The number of hydrogen-bond donors (Lipinski definition) is 0. The van der Waals surface area contributed by atoms with Gasteiger partial charge >= 0.3 is 0 Å². The van der Waals surface area contributed by atoms with E-state index in [1.807, 2.05) is 25.7 Å². The smallest absolute Gasteiger partial charge is 0.282 e. The zero-order chi connectivity index (χ0) is 14.5. The van der Waals surface area contributed by atoms with Gasteiger partial charge in [-0.3, -0.25) is 20.2 Å². The molecule has 1 aliphatic rings. The number of nitro benzene ring substituents is 2. The largest absolute Gasteiger partial charge is 0.370 e. The number of benzene rings is 1. The van der Waals surface area contributed by atoms with Gasteiger partial charge in [0, 0.05) is 24.6 Å². The Morgan fingerprint density at radius 2 is 1.79 bits per heavy atom. The average molecular weight is 265 g/mol. The van der Waals surface area contributed by atoms with E-state index in [2.05, 4.69) is 0 Å². The monoisotopic (exact) mass is 265 g/mol. The summed E-state index contributed by atoms with van der Waals surface area (Å²) in [6.07, 6.45) is 0. The van der Waals surface area contributed by atoms with Crippen LogP contribution in [0.3, 0.4) is 0 Å². The number of rotatable bonds is 2. The average Bonchev–Trinajstić information content (AvgIpc) is 2.50. The molecule has 0 amide bonds. The number of non-ortho nitro benzene ring substituents is 1. The second-order valence-corrected chi connectivity index (χ2v) is 5.38. The summed E-state index contributed by atoms with van der Waals surface area (Å²) >= 11 is 0. The maximum Gasteiger partial charge on any atom is 0.282 e. The van der Waals surface area contributed by atoms with Gasteiger partial charge in [0.1, 0.15) is 0 Å². The number of nitro groups is 2. The number of likely N-dealkylation sites (N-methyl/N-ethyl adjacent to an activating group) is 1. The van der Waals surface area contributed by atoms with Crippen LogP contribution in [0.2, 0.25) is 0 Å². The fourth-order valence-electron chi connectivity index (χ4n) is 2.69. The fraction of sp³-hybridized carbons (Fsp3) is 0.500. The lowest BCUT2D eigenvalue weighted by molar-refractivity contribution is -0.394. The van der Waals surface area contributed by atoms with Crippen molar-refractivity contribution >= 4 is 17.1 Å². The second kappa shape index (κ2) is 3.91. The Balaban J connectivity index is 2.81. The molecule has 0 N–H and O–H groups in total. The minimum Gasteiger partial charge on any atom is -0.370 e. The number of anilines is 1. The van der Waals surface area contributed by atoms with E-state index in [0.717, 1.165) is 6.07 Å². The Bertz CT molecular complexity index is 583. The normalized spacial score (nSPS) is 20.2. The Kier molecular flexibility index (Phi) is 2.73. The summed E-state index contributed by atoms with van der Waals surface area (Å²) in [5.74, 6) is 0. The molecule has 7 heteroatoms. The molecule has 1 aromatic carbocycles. The van der Waals surface area contributed by atoms with E-state index in [-0.39, 0.29) is 17.4 Å². The summed E-state index contributed by atoms with van der Waals surface area (Å²) in [5.41, 5.74) is 0.283. The molecule has 2 rings (SSSR count). The fourth-order valence-corrected chi connectivity index (χ4v) is 2.69. The third-order valence-corrected chi connectivity index (χ3v) is 4.14. The van der Waals surface area contributed by atoms with Crippen LogP contribution in [0.15, 0.2) is 12.1 Å². The minimum absolute atomic E-state index is 0.0307. The zero-order valence-electron chi connectivity index (χ0n) is 11.2. The molecule has 19 heavy (non-hydrogen) atoms. The Labute approximate surface area is 110 Å². The Morgan fingerprint density at radius 1 is 1.21 bits per heavy atom. The first-order valence-electron chi connectivity index (χ1n) is 5.88. The highest BCUT2D eigenvalue weighted by Crippen LogP contribution is 2.50. The van der Waals surface area contributed by atoms with Crippen molar-refractivity contribution in [3.63, 3.8) is 0 Å². The molecule has 0 saturated heterocycles. The van der Waals surface area contributed by atoms with Crippen LogP contribution in [0.1, 0.15) is 26.3 Å². The molecule has 0 fully saturated rings. The van der Waals surface area contributed by atoms with Crippen molar-refractivity contribution in [3.05, 3.63) is 37.9 Å². The van der Waals surface area contributed by atoms with Gasteiger partial charge in [-0.1, -0.05) is 13.8 Å². The predicted molar refractivity (Wildman–Crippen MR) is 70.6 cm³/mol. The molecule has 102 valence electrons. The summed E-state index contributed by atoms with van der Waals surface area (Å²) in [6.45, 7) is 5.78. The Morgan fingerprint density at radius 3 is 2.26 bits per heavy atom. The first-order valence-corrected chi connectivity index (χ1v) is 5.88. The quantitative estimate of drug-likeness (QED) is 0.605. The van der Waals surface area contributed by atoms with E-state index in [1.54, 1.807) is 7.05 Å². The first-order chi connectivity index (χ1) is 8.67. The molecule has 1 aromatic rings. The molecular formula is C12H15N3O4. The molecule has 0 unspecified atom stereocenters. The Hall–Kier alpha value is -2.18. The lowest BCUT2D eigenvalue weighted by atomic mass is 9.80. The van der Waals surface area contributed by atoms with Crippen LogP contribution < -0.4 is 4.90 Å². The van der Waals surface area contributed by atoms with Gasteiger partial charge in [-0.2, -0.15) is 0 Å². The number of nitrogens with zero attached hydrogens (tertiary/aromatic N) is 3. The van der Waals surface area contributed by atoms with Crippen molar-refractivity contribution in [1.29, 1.82) is 0 Å². The molecule has 1 atom stereocenters. The molecule has 0 bridgehead atoms. The molecule has 0 radical (unpaired) electrons. The topological polar surface area (TPSA) is 89.5 Å². The molecule has 0 aromatic heterocycles. The first kappa shape index (κ1) is 13.3. The van der Waals surface area contributed by atoms with Gasteiger partial charge < -0.3 is 4.90 Å². The molecular weight excluding hydrogens is 250 g/mol. The van der Waals surface area contributed by atoms with Crippen molar-refractivity contribution in [3.8, 4) is 0 Å². The van der Waals surface area contributed by atoms with Crippen LogP contribution in [-0.4, -0.2) is 22.9 Å². The van der Waals surface area contributed by atoms with E-state index in [4.69, 9.17) is 0 Å². The van der Waals surface area contributed by atoms with Gasteiger partial charge in [-0.15, -0.1) is 0 Å². The van der Waals surface area contributed by atoms with E-state index >= 15 is 0 Å². The second-order valence-electron chi connectivity index (χ2n) is 5.38. The molecule has 0 spiro atoms. The number of fused-ring (bicyclic) bond motifs is 1. The van der Waals surface area contributed by atoms with E-state index in [0.29, 0.717) is 11.3 Å². The third-order valence-electron chi connectivity index (χ3n) is 4.14. The standard InChI is InChI=1S/C12H15N3O4/c1-7-12(2,3)11-9(13(7)4)5-8(14(16)17)6-10(11)15(18)19/h5-7H,1-4H3/t7-/m1/s1. The van der Waals surface area contributed by atoms with Gasteiger partial charge in [-0.25, -0.2) is 0 Å². The molecule has 1 heterocycles. The van der Waals surface area contributed by atoms with Crippen molar-refractivity contribution in [2.24, 2.45) is 0 Å². The van der Waals surface area contributed by atoms with Gasteiger partial charge in [0.15, 0.2) is 0 Å². The van der Waals surface area contributed by atoms with Crippen LogP contribution in [0.25, 0.3) is 0 Å². The highest BCUT2D eigenvalue weighted by Gasteiger charge is 2.46. The minimum atomic E-state index is -0.600. The van der Waals surface area contributed by atoms with Crippen LogP contribution in [0, 0.1) is 20.2 Å². The van der Waals surface area contributed by atoms with Gasteiger partial charge in [-0.05, 0) is 6.92 Å². The summed E-state index contributed by atoms with van der Waals surface area (Å²) in [7, 11) is 1.80. The van der Waals surface area contributed by atoms with Crippen LogP contribution >= 0.6 is 0 Å². The molecule has 0 saturated carbocycles. The van der Waals surface area contributed by atoms with Crippen molar-refractivity contribution in [2.45, 2.75) is 32.2 Å². The lowest BCUT2D eigenvalue weighted by Gasteiger charge is -2.28. The third kappa shape index (κ3) is 1.73. The van der Waals surface area contributed by atoms with Crippen molar-refractivity contribution in [1.82, 2.24) is 0 Å². The summed E-state index contributed by atoms with van der Waals surface area (Å²) in [5, 5.41) is 22.1. The van der Waals surface area contributed by atoms with Gasteiger partial charge in [0.05, 0.1) is 27.2 Å². The maximum atomic E-state index is 11.2. The van der Waals surface area contributed by atoms with Crippen LogP contribution in [0.5, 0.6) is 0 Å². The van der Waals surface area contributed by atoms with E-state index in [1.165, 1.54) is 6.07 Å². The van der Waals surface area contributed by atoms with E-state index in [9.17, 15) is 20.2 Å². The predicted octanol–water partition coefficient (Wildman–Crippen LogP) is 2.62.